The van der Waals surface area contributed by atoms with Gasteiger partial charge in [-0.25, -0.2) is 9.78 Å². The van der Waals surface area contributed by atoms with Gasteiger partial charge in [-0.3, -0.25) is 10.1 Å². The third-order valence-electron chi connectivity index (χ3n) is 1.85. The Morgan fingerprint density at radius 2 is 2.05 bits per heavy atom. The molecule has 0 aromatic carbocycles. The molecule has 0 bridgehead atoms. The normalized spacial score (nSPS) is 11.2. The molecule has 1 rings (SSSR count). The summed E-state index contributed by atoms with van der Waals surface area (Å²) in [6.07, 6.45) is 0. The van der Waals surface area contributed by atoms with Crippen LogP contribution in [0.1, 0.15) is 26.5 Å². The highest BCUT2D eigenvalue weighted by molar-refractivity contribution is 8.01. The number of carbonyl (C=O) groups excluding carboxylic acids is 2. The number of thioether (sulfide) groups is 1. The second kappa shape index (κ2) is 6.25. The molecule has 19 heavy (non-hydrogen) atoms. The number of carbonyl (C=O) groups is 2. The van der Waals surface area contributed by atoms with Crippen LogP contribution in [0.3, 0.4) is 0 Å². The van der Waals surface area contributed by atoms with Crippen molar-refractivity contribution in [3.63, 3.8) is 0 Å². The van der Waals surface area contributed by atoms with Gasteiger partial charge in [0.2, 0.25) is 5.91 Å². The lowest BCUT2D eigenvalue weighted by molar-refractivity contribution is -0.117. The zero-order valence-electron chi connectivity index (χ0n) is 11.4. The van der Waals surface area contributed by atoms with Crippen LogP contribution >= 0.6 is 23.1 Å². The number of hydrogen-bond acceptors (Lipinski definition) is 6. The fraction of sp³-hybridized carbons (Fsp3) is 0.545. The second-order valence-corrected chi connectivity index (χ2v) is 7.24. The number of urea groups is 1. The van der Waals surface area contributed by atoms with E-state index in [-0.39, 0.29) is 17.2 Å². The van der Waals surface area contributed by atoms with Crippen LogP contribution in [-0.4, -0.2) is 28.2 Å². The maximum atomic E-state index is 11.6. The zero-order chi connectivity index (χ0) is 14.6. The molecule has 3 amide bonds. The molecular formula is C11H18N4O2S2. The first-order chi connectivity index (χ1) is 8.67. The van der Waals surface area contributed by atoms with Crippen LogP contribution in [0.2, 0.25) is 0 Å². The number of nitrogens with two attached hydrogens (primary N) is 1. The lowest BCUT2D eigenvalue weighted by atomic mass is 10.1. The van der Waals surface area contributed by atoms with E-state index in [2.05, 4.69) is 15.6 Å². The van der Waals surface area contributed by atoms with Gasteiger partial charge in [0.05, 0.1) is 15.7 Å². The lowest BCUT2D eigenvalue weighted by Crippen LogP contribution is -2.48. The molecule has 1 aromatic heterocycles. The molecule has 0 saturated heterocycles. The van der Waals surface area contributed by atoms with Gasteiger partial charge in [-0.2, -0.15) is 0 Å². The Balaban J connectivity index is 2.40. The summed E-state index contributed by atoms with van der Waals surface area (Å²) in [5.41, 5.74) is 6.00. The lowest BCUT2D eigenvalue weighted by Gasteiger charge is -2.20. The number of nitrogens with zero attached hydrogens (tertiary/aromatic N) is 1. The number of rotatable bonds is 3. The third-order valence-corrected chi connectivity index (χ3v) is 4.20. The fourth-order valence-corrected chi connectivity index (χ4v) is 3.03. The molecule has 0 unspecified atom stereocenters. The summed E-state index contributed by atoms with van der Waals surface area (Å²) >= 11 is 2.65. The number of nitrogen functional groups attached to an aromatic ring is 1. The van der Waals surface area contributed by atoms with Gasteiger partial charge in [-0.15, -0.1) is 11.8 Å². The van der Waals surface area contributed by atoms with Crippen molar-refractivity contribution in [2.45, 2.75) is 37.4 Å². The van der Waals surface area contributed by atoms with Crippen LogP contribution in [0.4, 0.5) is 9.93 Å². The first-order valence-electron chi connectivity index (χ1n) is 5.65. The van der Waals surface area contributed by atoms with Gasteiger partial charge >= 0.3 is 6.03 Å². The summed E-state index contributed by atoms with van der Waals surface area (Å²) in [6, 6.07) is -0.487. The number of anilines is 1. The highest BCUT2D eigenvalue weighted by atomic mass is 32.2. The SMILES string of the molecule is Cc1nc(N)sc1SCC(=O)NC(=O)NC(C)(C)C. The van der Waals surface area contributed by atoms with Crippen molar-refractivity contribution in [1.82, 2.24) is 15.6 Å². The largest absolute Gasteiger partial charge is 0.375 e. The van der Waals surface area contributed by atoms with E-state index in [1.165, 1.54) is 23.1 Å². The summed E-state index contributed by atoms with van der Waals surface area (Å²) in [4.78, 5) is 27.1. The molecule has 6 nitrogen and oxygen atoms in total. The van der Waals surface area contributed by atoms with Crippen molar-refractivity contribution in [1.29, 1.82) is 0 Å². The highest BCUT2D eigenvalue weighted by Crippen LogP contribution is 2.30. The van der Waals surface area contributed by atoms with Gasteiger partial charge in [0.25, 0.3) is 0 Å². The van der Waals surface area contributed by atoms with Crippen molar-refractivity contribution in [3.8, 4) is 0 Å². The Morgan fingerprint density at radius 3 is 2.53 bits per heavy atom. The number of amides is 3. The summed E-state index contributed by atoms with van der Waals surface area (Å²) in [5.74, 6) is -0.196. The Labute approximate surface area is 120 Å². The summed E-state index contributed by atoms with van der Waals surface area (Å²) in [5, 5.41) is 5.41. The van der Waals surface area contributed by atoms with Crippen LogP contribution in [0.25, 0.3) is 0 Å². The molecule has 0 aliphatic carbocycles. The Morgan fingerprint density at radius 1 is 1.42 bits per heavy atom. The van der Waals surface area contributed by atoms with E-state index in [9.17, 15) is 9.59 Å². The number of aryl methyl sites for hydroxylation is 1. The molecule has 1 aromatic rings. The molecule has 1 heterocycles. The van der Waals surface area contributed by atoms with E-state index in [4.69, 9.17) is 5.73 Å². The minimum atomic E-state index is -0.487. The molecule has 0 spiro atoms. The topological polar surface area (TPSA) is 97.1 Å². The summed E-state index contributed by atoms with van der Waals surface area (Å²) in [6.45, 7) is 7.36. The first kappa shape index (κ1) is 15.8. The molecule has 0 saturated carbocycles. The van der Waals surface area contributed by atoms with Crippen molar-refractivity contribution in [3.05, 3.63) is 5.69 Å². The number of thiazole rings is 1. The van der Waals surface area contributed by atoms with Gasteiger partial charge in [0.1, 0.15) is 0 Å². The van der Waals surface area contributed by atoms with E-state index < -0.39 is 6.03 Å². The second-order valence-electron chi connectivity index (χ2n) is 4.97. The molecule has 4 N–H and O–H groups in total. The van der Waals surface area contributed by atoms with Crippen molar-refractivity contribution >= 4 is 40.2 Å². The zero-order valence-corrected chi connectivity index (χ0v) is 13.0. The van der Waals surface area contributed by atoms with E-state index in [1.54, 1.807) is 0 Å². The molecular weight excluding hydrogens is 284 g/mol. The number of hydrogen-bond donors (Lipinski definition) is 3. The van der Waals surface area contributed by atoms with E-state index in [0.29, 0.717) is 5.13 Å². The number of aromatic nitrogens is 1. The highest BCUT2D eigenvalue weighted by Gasteiger charge is 2.16. The van der Waals surface area contributed by atoms with Gasteiger partial charge in [0, 0.05) is 5.54 Å². The van der Waals surface area contributed by atoms with Crippen molar-refractivity contribution in [2.24, 2.45) is 0 Å². The molecule has 8 heteroatoms. The van der Waals surface area contributed by atoms with E-state index in [1.807, 2.05) is 27.7 Å². The minimum absolute atomic E-state index is 0.153. The van der Waals surface area contributed by atoms with Crippen molar-refractivity contribution < 1.29 is 9.59 Å². The molecule has 0 aliphatic heterocycles. The van der Waals surface area contributed by atoms with E-state index >= 15 is 0 Å². The van der Waals surface area contributed by atoms with Crippen molar-refractivity contribution in [2.75, 3.05) is 11.5 Å². The van der Waals surface area contributed by atoms with Gasteiger partial charge in [-0.05, 0) is 27.7 Å². The van der Waals surface area contributed by atoms with Crippen LogP contribution in [-0.2, 0) is 4.79 Å². The predicted molar refractivity (Wildman–Crippen MR) is 78.4 cm³/mol. The van der Waals surface area contributed by atoms with Gasteiger partial charge in [-0.1, -0.05) is 11.3 Å². The molecule has 0 atom stereocenters. The Kier molecular flexibility index (Phi) is 5.19. The van der Waals surface area contributed by atoms with Crippen LogP contribution in [0, 0.1) is 6.92 Å². The average molecular weight is 302 g/mol. The Hall–Kier alpha value is -1.28. The van der Waals surface area contributed by atoms with Crippen LogP contribution < -0.4 is 16.4 Å². The maximum Gasteiger partial charge on any atom is 0.321 e. The average Bonchev–Trinajstić information content (AvgIpc) is 2.51. The fourth-order valence-electron chi connectivity index (χ4n) is 1.20. The maximum absolute atomic E-state index is 11.6. The quantitative estimate of drug-likeness (QED) is 0.739. The minimum Gasteiger partial charge on any atom is -0.375 e. The molecule has 0 radical (unpaired) electrons. The van der Waals surface area contributed by atoms with E-state index in [0.717, 1.165) is 9.90 Å². The first-order valence-corrected chi connectivity index (χ1v) is 7.45. The third kappa shape index (κ3) is 5.93. The monoisotopic (exact) mass is 302 g/mol. The molecule has 0 fully saturated rings. The standard InChI is InChI=1S/C11H18N4O2S2/c1-6-8(19-9(12)13-6)18-5-7(16)14-10(17)15-11(2,3)4/h5H2,1-4H3,(H2,12,13)(H2,14,15,16,17). The summed E-state index contributed by atoms with van der Waals surface area (Å²) < 4.78 is 0.892. The summed E-state index contributed by atoms with van der Waals surface area (Å²) in [7, 11) is 0. The predicted octanol–water partition coefficient (Wildman–Crippen LogP) is 1.75. The Bertz CT molecular complexity index is 480. The van der Waals surface area contributed by atoms with Gasteiger partial charge in [0.15, 0.2) is 5.13 Å². The smallest absolute Gasteiger partial charge is 0.321 e. The van der Waals surface area contributed by atoms with Gasteiger partial charge < -0.3 is 11.1 Å². The van der Waals surface area contributed by atoms with Crippen LogP contribution in [0.15, 0.2) is 4.21 Å². The molecule has 0 aliphatic rings. The number of nitrogens with one attached hydrogen (secondary N) is 2. The number of imide groups is 1. The van der Waals surface area contributed by atoms with Crippen LogP contribution in [0.5, 0.6) is 0 Å². The molecule has 106 valence electrons.